The Kier molecular flexibility index (Phi) is 58.4. The maximum atomic E-state index is 11.1. The van der Waals surface area contributed by atoms with Gasteiger partial charge in [-0.2, -0.15) is 0 Å². The van der Waals surface area contributed by atoms with Crippen molar-refractivity contribution in [3.63, 3.8) is 0 Å². The second-order valence-electron chi connectivity index (χ2n) is 18.7. The molecule has 0 saturated heterocycles. The highest BCUT2D eigenvalue weighted by atomic mass is 16.5. The molecular formula is C56H114O3. The minimum Gasteiger partial charge on any atom is -0.499 e. The Bertz CT molecular complexity index is 763. The Morgan fingerprint density at radius 3 is 1.14 bits per heavy atom. The van der Waals surface area contributed by atoms with E-state index < -0.39 is 0 Å². The van der Waals surface area contributed by atoms with Gasteiger partial charge in [-0.05, 0) is 50.4 Å². The molecule has 0 amide bonds. The minimum atomic E-state index is 0.364. The summed E-state index contributed by atoms with van der Waals surface area (Å²) >= 11 is 0. The molecule has 0 aliphatic carbocycles. The molecule has 2 unspecified atom stereocenters. The fraction of sp³-hybridized carbons (Fsp3) is 0.946. The molecule has 3 heteroatoms. The number of ketones is 1. The molecule has 59 heavy (non-hydrogen) atoms. The van der Waals surface area contributed by atoms with Crippen LogP contribution in [0, 0.1) is 17.8 Å². The summed E-state index contributed by atoms with van der Waals surface area (Å²) < 4.78 is 12.1. The average molecular weight is 836 g/mol. The van der Waals surface area contributed by atoms with Crippen molar-refractivity contribution in [1.29, 1.82) is 0 Å². The van der Waals surface area contributed by atoms with E-state index in [2.05, 4.69) is 62.0 Å². The van der Waals surface area contributed by atoms with Gasteiger partial charge in [-0.25, -0.2) is 0 Å². The number of hydrogen-bond donors (Lipinski definition) is 0. The SMILES string of the molecule is C=C(CC(CCCCC)CCCCC)OCCCCCCCCC(CCCCCCCCC)COCCCC.CCCCCC.CCCCCC(CCCC)CC(C)=O. The summed E-state index contributed by atoms with van der Waals surface area (Å²) in [6.07, 6.45) is 50.2. The quantitative estimate of drug-likeness (QED) is 0.0453. The number of carbonyl (C=O) groups excluding carboxylic acids is 1. The highest BCUT2D eigenvalue weighted by Gasteiger charge is 2.13. The van der Waals surface area contributed by atoms with Gasteiger partial charge in [0.15, 0.2) is 0 Å². The van der Waals surface area contributed by atoms with Gasteiger partial charge in [-0.1, -0.05) is 267 Å². The Balaban J connectivity index is -0.00000128. The zero-order valence-electron chi connectivity index (χ0n) is 42.7. The summed E-state index contributed by atoms with van der Waals surface area (Å²) in [4.78, 5) is 11.1. The number of ether oxygens (including phenoxy) is 2. The molecule has 356 valence electrons. The fourth-order valence-corrected chi connectivity index (χ4v) is 8.18. The van der Waals surface area contributed by atoms with Gasteiger partial charge in [-0.3, -0.25) is 0 Å². The molecule has 0 aromatic heterocycles. The predicted molar refractivity (Wildman–Crippen MR) is 268 cm³/mol. The first-order valence-corrected chi connectivity index (χ1v) is 27.2. The number of carbonyl (C=O) groups is 1. The maximum Gasteiger partial charge on any atom is 0.130 e. The molecule has 0 aromatic rings. The number of allylic oxidation sites excluding steroid dienone is 1. The third-order valence-electron chi connectivity index (χ3n) is 12.2. The molecule has 0 aliphatic rings. The lowest BCUT2D eigenvalue weighted by molar-refractivity contribution is -0.118. The van der Waals surface area contributed by atoms with Crippen molar-refractivity contribution < 1.29 is 14.3 Å². The van der Waals surface area contributed by atoms with Crippen LogP contribution in [0.3, 0.4) is 0 Å². The Labute approximate surface area is 375 Å². The third-order valence-corrected chi connectivity index (χ3v) is 12.2. The second-order valence-corrected chi connectivity index (χ2v) is 18.7. The van der Waals surface area contributed by atoms with Crippen molar-refractivity contribution in [3.05, 3.63) is 12.3 Å². The molecule has 0 spiro atoms. The molecule has 0 heterocycles. The van der Waals surface area contributed by atoms with Gasteiger partial charge in [-0.15, -0.1) is 0 Å². The molecule has 3 nitrogen and oxygen atoms in total. The van der Waals surface area contributed by atoms with E-state index in [-0.39, 0.29) is 0 Å². The van der Waals surface area contributed by atoms with E-state index in [1.165, 1.54) is 231 Å². The van der Waals surface area contributed by atoms with Crippen LogP contribution in [-0.2, 0) is 14.3 Å². The summed E-state index contributed by atoms with van der Waals surface area (Å²) in [7, 11) is 0. The Morgan fingerprint density at radius 1 is 0.373 bits per heavy atom. The van der Waals surface area contributed by atoms with Crippen LogP contribution in [0.25, 0.3) is 0 Å². The Hall–Kier alpha value is -0.830. The first-order chi connectivity index (χ1) is 28.8. The summed E-state index contributed by atoms with van der Waals surface area (Å²) in [5, 5.41) is 0. The Morgan fingerprint density at radius 2 is 0.695 bits per heavy atom. The van der Waals surface area contributed by atoms with Crippen molar-refractivity contribution in [1.82, 2.24) is 0 Å². The molecule has 0 radical (unpaired) electrons. The molecule has 0 bridgehead atoms. The third kappa shape index (κ3) is 55.2. The predicted octanol–water partition coefficient (Wildman–Crippen LogP) is 19.9. The zero-order chi connectivity index (χ0) is 44.3. The molecule has 0 N–H and O–H groups in total. The van der Waals surface area contributed by atoms with E-state index in [0.717, 1.165) is 50.3 Å². The number of Topliss-reactive ketones (excluding diaryl/α,β-unsaturated/α-hetero) is 1. The summed E-state index contributed by atoms with van der Waals surface area (Å²) in [5.41, 5.74) is 0. The molecule has 0 aromatic carbocycles. The number of rotatable bonds is 45. The van der Waals surface area contributed by atoms with E-state index in [1.54, 1.807) is 6.92 Å². The number of hydrogen-bond acceptors (Lipinski definition) is 3. The van der Waals surface area contributed by atoms with Crippen LogP contribution >= 0.6 is 0 Å². The van der Waals surface area contributed by atoms with Crippen molar-refractivity contribution >= 4 is 5.78 Å². The van der Waals surface area contributed by atoms with Crippen LogP contribution in [0.4, 0.5) is 0 Å². The van der Waals surface area contributed by atoms with Crippen LogP contribution in [0.5, 0.6) is 0 Å². The molecule has 0 fully saturated rings. The lowest BCUT2D eigenvalue weighted by atomic mass is 9.91. The van der Waals surface area contributed by atoms with Crippen LogP contribution in [0.1, 0.15) is 306 Å². The standard InChI is InChI=1S/C37H74O2.C13H26O.C6H14/c1-6-10-14-15-16-19-24-29-37(34-38-31-13-9-4)30-25-20-17-18-21-26-32-39-35(5)33-36(27-22-11-7-2)28-23-12-8-3;1-4-6-8-10-13(9-7-5-2)11-12(3)14;1-3-5-6-4-2/h36-37H,5-34H2,1-4H3;13H,4-11H2,1-3H3;3-6H2,1-2H3. The first-order valence-electron chi connectivity index (χ1n) is 27.2. The first kappa shape index (κ1) is 62.5. The van der Waals surface area contributed by atoms with Crippen molar-refractivity contribution in [3.8, 4) is 0 Å². The largest absolute Gasteiger partial charge is 0.499 e. The highest BCUT2D eigenvalue weighted by Crippen LogP contribution is 2.25. The zero-order valence-corrected chi connectivity index (χ0v) is 42.7. The van der Waals surface area contributed by atoms with E-state index in [1.807, 2.05) is 0 Å². The lowest BCUT2D eigenvalue weighted by Gasteiger charge is -2.19. The minimum absolute atomic E-state index is 0.364. The van der Waals surface area contributed by atoms with Gasteiger partial charge < -0.3 is 14.3 Å². The van der Waals surface area contributed by atoms with Gasteiger partial charge in [0.2, 0.25) is 0 Å². The van der Waals surface area contributed by atoms with Gasteiger partial charge in [0.1, 0.15) is 5.78 Å². The van der Waals surface area contributed by atoms with Gasteiger partial charge in [0.05, 0.1) is 12.4 Å². The molecule has 2 atom stereocenters. The second kappa shape index (κ2) is 55.2. The highest BCUT2D eigenvalue weighted by molar-refractivity contribution is 5.75. The average Bonchev–Trinajstić information content (AvgIpc) is 3.22. The van der Waals surface area contributed by atoms with E-state index in [9.17, 15) is 4.79 Å². The van der Waals surface area contributed by atoms with Gasteiger partial charge in [0, 0.05) is 26.1 Å². The van der Waals surface area contributed by atoms with Crippen LogP contribution in [0.15, 0.2) is 12.3 Å². The molecule has 0 rings (SSSR count). The van der Waals surface area contributed by atoms with Crippen LogP contribution in [0.2, 0.25) is 0 Å². The summed E-state index contributed by atoms with van der Waals surface area (Å²) in [5.74, 6) is 3.63. The fourth-order valence-electron chi connectivity index (χ4n) is 8.18. The number of unbranched alkanes of at least 4 members (excludes halogenated alkanes) is 22. The van der Waals surface area contributed by atoms with E-state index in [0.29, 0.717) is 11.7 Å². The monoisotopic (exact) mass is 835 g/mol. The molecule has 0 aliphatic heterocycles. The summed E-state index contributed by atoms with van der Waals surface area (Å²) in [6.45, 7) is 26.9. The van der Waals surface area contributed by atoms with Gasteiger partial charge in [0.25, 0.3) is 0 Å². The van der Waals surface area contributed by atoms with E-state index >= 15 is 0 Å². The van der Waals surface area contributed by atoms with Crippen molar-refractivity contribution in [2.45, 2.75) is 306 Å². The van der Waals surface area contributed by atoms with Gasteiger partial charge >= 0.3 is 0 Å². The summed E-state index contributed by atoms with van der Waals surface area (Å²) in [6, 6.07) is 0. The van der Waals surface area contributed by atoms with E-state index in [4.69, 9.17) is 9.47 Å². The van der Waals surface area contributed by atoms with Crippen molar-refractivity contribution in [2.24, 2.45) is 17.8 Å². The van der Waals surface area contributed by atoms with Crippen LogP contribution < -0.4 is 0 Å². The lowest BCUT2D eigenvalue weighted by Crippen LogP contribution is -2.11. The topological polar surface area (TPSA) is 35.5 Å². The van der Waals surface area contributed by atoms with Crippen LogP contribution in [-0.4, -0.2) is 25.6 Å². The van der Waals surface area contributed by atoms with Crippen molar-refractivity contribution in [2.75, 3.05) is 19.8 Å². The normalized spacial score (nSPS) is 12.1. The molecular weight excluding hydrogens is 721 g/mol. The molecule has 0 saturated carbocycles. The maximum absolute atomic E-state index is 11.1. The smallest absolute Gasteiger partial charge is 0.130 e.